The molecule has 0 spiro atoms. The van der Waals surface area contributed by atoms with Gasteiger partial charge in [-0.2, -0.15) is 0 Å². The van der Waals surface area contributed by atoms with Gasteiger partial charge in [-0.3, -0.25) is 0 Å². The molecule has 2 aliphatic heterocycles. The molecule has 0 aliphatic carbocycles. The molecule has 1 N–H and O–H groups in total. The van der Waals surface area contributed by atoms with Crippen LogP contribution >= 0.6 is 11.8 Å². The van der Waals surface area contributed by atoms with Gasteiger partial charge in [-0.25, -0.2) is 0 Å². The molecule has 2 aliphatic rings. The molecule has 1 fully saturated rings. The Morgan fingerprint density at radius 1 is 1.27 bits per heavy atom. The SMILES string of the molecule is CCC1CB=C1C(CC)NCCC1SC(C)C1C(C)C(C)C. The van der Waals surface area contributed by atoms with E-state index in [0.29, 0.717) is 6.04 Å². The van der Waals surface area contributed by atoms with Crippen LogP contribution in [0.2, 0.25) is 6.32 Å². The van der Waals surface area contributed by atoms with Crippen LogP contribution in [0, 0.1) is 23.7 Å². The second-order valence-electron chi connectivity index (χ2n) is 7.81. The van der Waals surface area contributed by atoms with Gasteiger partial charge in [0.05, 0.1) is 0 Å². The standard InChI is InChI=1S/C19H36BNS/c1-7-15-11-20-19(15)16(8-2)21-10-9-17-18(14(6)22-17)13(5)12(3)4/h12-18,21H,7-11H2,1-6H3. The van der Waals surface area contributed by atoms with E-state index < -0.39 is 0 Å². The van der Waals surface area contributed by atoms with Crippen LogP contribution in [-0.4, -0.2) is 35.5 Å². The second-order valence-corrected chi connectivity index (χ2v) is 9.43. The van der Waals surface area contributed by atoms with Gasteiger partial charge in [0.1, 0.15) is 0 Å². The summed E-state index contributed by atoms with van der Waals surface area (Å²) in [5.41, 5.74) is 1.70. The maximum atomic E-state index is 3.86. The Morgan fingerprint density at radius 2 is 2.00 bits per heavy atom. The Balaban J connectivity index is 1.76. The summed E-state index contributed by atoms with van der Waals surface area (Å²) in [5, 5.41) is 5.60. The fourth-order valence-corrected chi connectivity index (χ4v) is 6.11. The number of thioether (sulfide) groups is 1. The van der Waals surface area contributed by atoms with E-state index in [9.17, 15) is 0 Å². The first-order chi connectivity index (χ1) is 10.5. The summed E-state index contributed by atoms with van der Waals surface area (Å²) in [7, 11) is 0. The first-order valence-electron chi connectivity index (χ1n) is 9.58. The van der Waals surface area contributed by atoms with Crippen molar-refractivity contribution < 1.29 is 0 Å². The van der Waals surface area contributed by atoms with Crippen LogP contribution in [0.1, 0.15) is 60.8 Å². The molecule has 0 amide bonds. The minimum atomic E-state index is 0.641. The first kappa shape index (κ1) is 18.6. The molecule has 126 valence electrons. The Kier molecular flexibility index (Phi) is 7.07. The van der Waals surface area contributed by atoms with E-state index in [1.54, 1.807) is 5.46 Å². The molecule has 3 heteroatoms. The molecule has 1 nitrogen and oxygen atoms in total. The summed E-state index contributed by atoms with van der Waals surface area (Å²) >= 11 is 2.22. The molecule has 2 rings (SSSR count). The van der Waals surface area contributed by atoms with Crippen LogP contribution in [0.15, 0.2) is 0 Å². The van der Waals surface area contributed by atoms with Gasteiger partial charge >= 0.3 is 143 Å². The Hall–Kier alpha value is 0.245. The summed E-state index contributed by atoms with van der Waals surface area (Å²) in [6.45, 7) is 18.0. The predicted octanol–water partition coefficient (Wildman–Crippen LogP) is 4.49. The number of hydrogen-bond acceptors (Lipinski definition) is 2. The molecule has 22 heavy (non-hydrogen) atoms. The molecule has 2 heterocycles. The summed E-state index contributed by atoms with van der Waals surface area (Å²) in [4.78, 5) is 0. The normalized spacial score (nSPS) is 33.5. The Labute approximate surface area is 143 Å². The van der Waals surface area contributed by atoms with E-state index in [1.807, 2.05) is 0 Å². The van der Waals surface area contributed by atoms with E-state index in [4.69, 9.17) is 0 Å². The average Bonchev–Trinajstić information content (AvgIpc) is 2.43. The third-order valence-electron chi connectivity index (χ3n) is 6.25. The summed E-state index contributed by atoms with van der Waals surface area (Å²) in [6.07, 6.45) is 5.21. The summed E-state index contributed by atoms with van der Waals surface area (Å²) in [5.74, 6) is 3.47. The second kappa shape index (κ2) is 8.37. The Bertz CT molecular complexity index is 382. The van der Waals surface area contributed by atoms with Crippen molar-refractivity contribution in [2.45, 2.75) is 83.7 Å². The van der Waals surface area contributed by atoms with Gasteiger partial charge in [0.25, 0.3) is 0 Å². The van der Waals surface area contributed by atoms with Gasteiger partial charge in [0.15, 0.2) is 0 Å². The van der Waals surface area contributed by atoms with Crippen LogP contribution in [-0.2, 0) is 0 Å². The van der Waals surface area contributed by atoms with Gasteiger partial charge in [0.2, 0.25) is 0 Å². The van der Waals surface area contributed by atoms with Crippen LogP contribution in [0.3, 0.4) is 0 Å². The van der Waals surface area contributed by atoms with E-state index in [1.165, 1.54) is 32.1 Å². The molecule has 0 saturated carbocycles. The quantitative estimate of drug-likeness (QED) is 0.628. The molecule has 0 aromatic rings. The summed E-state index contributed by atoms with van der Waals surface area (Å²) in [6, 6.07) is 0.641. The number of rotatable bonds is 9. The zero-order valence-corrected chi connectivity index (χ0v) is 16.4. The first-order valence-corrected chi connectivity index (χ1v) is 10.5. The van der Waals surface area contributed by atoms with Gasteiger partial charge in [-0.05, 0) is 0 Å². The molecule has 0 bridgehead atoms. The van der Waals surface area contributed by atoms with Gasteiger partial charge in [-0.15, -0.1) is 0 Å². The molecule has 6 unspecified atom stereocenters. The van der Waals surface area contributed by atoms with Gasteiger partial charge in [-0.1, -0.05) is 0 Å². The van der Waals surface area contributed by atoms with Crippen molar-refractivity contribution in [2.75, 3.05) is 6.54 Å². The van der Waals surface area contributed by atoms with Crippen LogP contribution < -0.4 is 5.32 Å². The molecular weight excluding hydrogens is 285 g/mol. The fraction of sp³-hybridized carbons (Fsp3) is 0.947. The molecule has 0 radical (unpaired) electrons. The van der Waals surface area contributed by atoms with Crippen LogP contribution in [0.5, 0.6) is 0 Å². The molecule has 1 saturated heterocycles. The van der Waals surface area contributed by atoms with Gasteiger partial charge in [0, 0.05) is 0 Å². The summed E-state index contributed by atoms with van der Waals surface area (Å²) < 4.78 is 0. The van der Waals surface area contributed by atoms with Crippen molar-refractivity contribution in [2.24, 2.45) is 23.7 Å². The molecule has 0 aromatic carbocycles. The third kappa shape index (κ3) is 4.01. The van der Waals surface area contributed by atoms with Crippen molar-refractivity contribution in [1.29, 1.82) is 0 Å². The van der Waals surface area contributed by atoms with Crippen molar-refractivity contribution in [3.8, 4) is 0 Å². The Morgan fingerprint density at radius 3 is 2.45 bits per heavy atom. The average molecular weight is 321 g/mol. The predicted molar refractivity (Wildman–Crippen MR) is 104 cm³/mol. The topological polar surface area (TPSA) is 12.0 Å². The fourth-order valence-electron chi connectivity index (χ4n) is 4.29. The zero-order valence-electron chi connectivity index (χ0n) is 15.6. The van der Waals surface area contributed by atoms with Crippen LogP contribution in [0.4, 0.5) is 0 Å². The van der Waals surface area contributed by atoms with E-state index in [0.717, 1.165) is 34.2 Å². The number of nitrogens with one attached hydrogen (secondary N) is 1. The van der Waals surface area contributed by atoms with Crippen molar-refractivity contribution in [3.05, 3.63) is 0 Å². The number of hydrogen-bond donors (Lipinski definition) is 1. The zero-order chi connectivity index (χ0) is 16.3. The van der Waals surface area contributed by atoms with E-state index in [2.05, 4.69) is 65.5 Å². The van der Waals surface area contributed by atoms with Crippen molar-refractivity contribution in [3.63, 3.8) is 0 Å². The minimum absolute atomic E-state index is 0.641. The van der Waals surface area contributed by atoms with Gasteiger partial charge < -0.3 is 0 Å². The molecular formula is C19H36BNS. The van der Waals surface area contributed by atoms with E-state index in [-0.39, 0.29) is 0 Å². The van der Waals surface area contributed by atoms with E-state index >= 15 is 0 Å². The molecule has 0 aromatic heterocycles. The van der Waals surface area contributed by atoms with Crippen molar-refractivity contribution in [1.82, 2.24) is 5.32 Å². The molecule has 6 atom stereocenters. The third-order valence-corrected chi connectivity index (χ3v) is 7.90. The van der Waals surface area contributed by atoms with Crippen LogP contribution in [0.25, 0.3) is 0 Å². The van der Waals surface area contributed by atoms with Crippen molar-refractivity contribution >= 4 is 24.1 Å². The monoisotopic (exact) mass is 321 g/mol. The maximum absolute atomic E-state index is 3.86.